The van der Waals surface area contributed by atoms with Gasteiger partial charge in [0.1, 0.15) is 5.56 Å². The summed E-state index contributed by atoms with van der Waals surface area (Å²) in [4.78, 5) is 12.1. The Morgan fingerprint density at radius 2 is 2.26 bits per heavy atom. The van der Waals surface area contributed by atoms with E-state index in [1.165, 1.54) is 0 Å². The molecule has 100 valence electrons. The van der Waals surface area contributed by atoms with E-state index in [9.17, 15) is 4.79 Å². The third kappa shape index (κ3) is 2.57. The van der Waals surface area contributed by atoms with Crippen LogP contribution in [0.3, 0.4) is 0 Å². The molecule has 2 aliphatic rings. The highest BCUT2D eigenvalue weighted by atomic mass is 16.7. The summed E-state index contributed by atoms with van der Waals surface area (Å²) in [7, 11) is 0. The Hall–Kier alpha value is -1.97. The van der Waals surface area contributed by atoms with Crippen LogP contribution in [-0.2, 0) is 4.74 Å². The minimum atomic E-state index is -0.336. The molecule has 1 aliphatic heterocycles. The van der Waals surface area contributed by atoms with Crippen molar-refractivity contribution in [2.75, 3.05) is 13.4 Å². The Balaban J connectivity index is 1.64. The summed E-state index contributed by atoms with van der Waals surface area (Å²) in [5, 5.41) is 0. The van der Waals surface area contributed by atoms with Crippen LogP contribution in [0.25, 0.3) is 0 Å². The third-order valence-electron chi connectivity index (χ3n) is 3.44. The summed E-state index contributed by atoms with van der Waals surface area (Å²) in [5.41, 5.74) is 0.446. The first-order valence-corrected chi connectivity index (χ1v) is 6.55. The van der Waals surface area contributed by atoms with E-state index < -0.39 is 0 Å². The number of ether oxygens (including phenoxy) is 3. The van der Waals surface area contributed by atoms with E-state index in [-0.39, 0.29) is 12.8 Å². The fourth-order valence-electron chi connectivity index (χ4n) is 2.37. The molecule has 1 atom stereocenters. The largest absolute Gasteiger partial charge is 0.462 e. The first kappa shape index (κ1) is 12.1. The number of allylic oxidation sites excluding steroid dienone is 2. The highest BCUT2D eigenvalue weighted by molar-refractivity contribution is 5.93. The van der Waals surface area contributed by atoms with Gasteiger partial charge in [0.15, 0.2) is 11.5 Å². The predicted octanol–water partition coefficient (Wildman–Crippen LogP) is 2.93. The topological polar surface area (TPSA) is 44.8 Å². The average Bonchev–Trinajstić information content (AvgIpc) is 2.94. The molecule has 0 N–H and O–H groups in total. The second-order valence-electron chi connectivity index (χ2n) is 4.79. The van der Waals surface area contributed by atoms with Gasteiger partial charge in [-0.2, -0.15) is 0 Å². The van der Waals surface area contributed by atoms with Gasteiger partial charge in [0, 0.05) is 0 Å². The molecule has 4 heteroatoms. The first-order valence-electron chi connectivity index (χ1n) is 6.55. The van der Waals surface area contributed by atoms with Crippen LogP contribution in [0.4, 0.5) is 0 Å². The van der Waals surface area contributed by atoms with Crippen molar-refractivity contribution in [1.29, 1.82) is 0 Å². The normalized spacial score (nSPS) is 20.3. The van der Waals surface area contributed by atoms with Gasteiger partial charge < -0.3 is 14.2 Å². The Bertz CT molecular complexity index is 507. The van der Waals surface area contributed by atoms with E-state index in [1.807, 2.05) is 0 Å². The van der Waals surface area contributed by atoms with Crippen LogP contribution >= 0.6 is 0 Å². The monoisotopic (exact) mass is 260 g/mol. The van der Waals surface area contributed by atoms with Crippen LogP contribution in [0.1, 0.15) is 29.6 Å². The number of hydrogen-bond donors (Lipinski definition) is 0. The van der Waals surface area contributed by atoms with Crippen molar-refractivity contribution < 1.29 is 19.0 Å². The van der Waals surface area contributed by atoms with Crippen molar-refractivity contribution in [3.8, 4) is 11.5 Å². The molecule has 0 radical (unpaired) electrons. The van der Waals surface area contributed by atoms with Crippen molar-refractivity contribution in [3.63, 3.8) is 0 Å². The smallest absolute Gasteiger partial charge is 0.342 e. The number of carbonyl (C=O) groups excluding carboxylic acids is 1. The number of esters is 1. The quantitative estimate of drug-likeness (QED) is 0.619. The lowest BCUT2D eigenvalue weighted by atomic mass is 9.95. The van der Waals surface area contributed by atoms with Gasteiger partial charge in [-0.15, -0.1) is 0 Å². The molecule has 3 rings (SSSR count). The summed E-state index contributed by atoms with van der Waals surface area (Å²) in [6.45, 7) is 0.626. The van der Waals surface area contributed by atoms with E-state index in [1.54, 1.807) is 18.2 Å². The number of benzene rings is 1. The minimum Gasteiger partial charge on any atom is -0.462 e. The van der Waals surface area contributed by atoms with Crippen molar-refractivity contribution in [1.82, 2.24) is 0 Å². The molecule has 0 fully saturated rings. The molecule has 0 saturated heterocycles. The molecule has 0 bridgehead atoms. The van der Waals surface area contributed by atoms with E-state index >= 15 is 0 Å². The molecule has 0 aromatic heterocycles. The second-order valence-corrected chi connectivity index (χ2v) is 4.79. The van der Waals surface area contributed by atoms with Gasteiger partial charge in [-0.25, -0.2) is 4.79 Å². The van der Waals surface area contributed by atoms with Gasteiger partial charge in [-0.05, 0) is 37.3 Å². The Morgan fingerprint density at radius 1 is 1.32 bits per heavy atom. The molecule has 1 aromatic carbocycles. The molecule has 4 nitrogen and oxygen atoms in total. The van der Waals surface area contributed by atoms with Gasteiger partial charge in [-0.1, -0.05) is 18.2 Å². The molecule has 0 amide bonds. The van der Waals surface area contributed by atoms with Crippen LogP contribution in [0.2, 0.25) is 0 Å². The second kappa shape index (κ2) is 5.34. The maximum atomic E-state index is 12.1. The van der Waals surface area contributed by atoms with Crippen LogP contribution in [0.5, 0.6) is 11.5 Å². The third-order valence-corrected chi connectivity index (χ3v) is 3.44. The molecule has 0 saturated carbocycles. The number of fused-ring (bicyclic) bond motifs is 1. The summed E-state index contributed by atoms with van der Waals surface area (Å²) in [6.07, 6.45) is 7.46. The lowest BCUT2D eigenvalue weighted by Crippen LogP contribution is -2.15. The van der Waals surface area contributed by atoms with Crippen molar-refractivity contribution in [2.24, 2.45) is 5.92 Å². The van der Waals surface area contributed by atoms with Gasteiger partial charge >= 0.3 is 5.97 Å². The van der Waals surface area contributed by atoms with Crippen molar-refractivity contribution in [2.45, 2.75) is 19.3 Å². The predicted molar refractivity (Wildman–Crippen MR) is 69.3 cm³/mol. The summed E-state index contributed by atoms with van der Waals surface area (Å²) < 4.78 is 15.9. The Morgan fingerprint density at radius 3 is 3.11 bits per heavy atom. The van der Waals surface area contributed by atoms with Crippen molar-refractivity contribution in [3.05, 3.63) is 35.9 Å². The first-order chi connectivity index (χ1) is 9.34. The van der Waals surface area contributed by atoms with Gasteiger partial charge in [0.2, 0.25) is 6.79 Å². The fourth-order valence-corrected chi connectivity index (χ4v) is 2.37. The SMILES string of the molecule is O=C(OCC1CC=CCC1)c1cccc2c1OCO2. The standard InChI is InChI=1S/C15H16O4/c16-15(17-9-11-5-2-1-3-6-11)12-7-4-8-13-14(12)19-10-18-13/h1-2,4,7-8,11H,3,5-6,9-10H2. The Labute approximate surface area is 112 Å². The zero-order valence-corrected chi connectivity index (χ0v) is 10.6. The Kier molecular flexibility index (Phi) is 3.40. The number of carbonyl (C=O) groups is 1. The minimum absolute atomic E-state index is 0.160. The summed E-state index contributed by atoms with van der Waals surface area (Å²) >= 11 is 0. The average molecular weight is 260 g/mol. The van der Waals surface area contributed by atoms with E-state index in [0.717, 1.165) is 19.3 Å². The zero-order chi connectivity index (χ0) is 13.1. The maximum absolute atomic E-state index is 12.1. The molecular formula is C15H16O4. The molecule has 19 heavy (non-hydrogen) atoms. The van der Waals surface area contributed by atoms with E-state index in [0.29, 0.717) is 29.6 Å². The van der Waals surface area contributed by atoms with Crippen LogP contribution in [-0.4, -0.2) is 19.4 Å². The van der Waals surface area contributed by atoms with Gasteiger partial charge in [0.25, 0.3) is 0 Å². The number of hydrogen-bond acceptors (Lipinski definition) is 4. The number of rotatable bonds is 3. The van der Waals surface area contributed by atoms with E-state index in [4.69, 9.17) is 14.2 Å². The molecule has 0 spiro atoms. The molecule has 1 unspecified atom stereocenters. The van der Waals surface area contributed by atoms with Gasteiger partial charge in [0.05, 0.1) is 6.61 Å². The van der Waals surface area contributed by atoms with Crippen LogP contribution in [0, 0.1) is 5.92 Å². The van der Waals surface area contributed by atoms with Crippen molar-refractivity contribution >= 4 is 5.97 Å². The van der Waals surface area contributed by atoms with Gasteiger partial charge in [-0.3, -0.25) is 0 Å². The lowest BCUT2D eigenvalue weighted by molar-refractivity contribution is 0.0428. The highest BCUT2D eigenvalue weighted by Crippen LogP contribution is 2.35. The summed E-state index contributed by atoms with van der Waals surface area (Å²) in [5.74, 6) is 1.20. The van der Waals surface area contributed by atoms with Crippen LogP contribution < -0.4 is 9.47 Å². The summed E-state index contributed by atoms with van der Waals surface area (Å²) in [6, 6.07) is 5.26. The molecular weight excluding hydrogens is 244 g/mol. The fraction of sp³-hybridized carbons (Fsp3) is 0.400. The maximum Gasteiger partial charge on any atom is 0.342 e. The number of para-hydroxylation sites is 1. The van der Waals surface area contributed by atoms with Crippen LogP contribution in [0.15, 0.2) is 30.4 Å². The highest BCUT2D eigenvalue weighted by Gasteiger charge is 2.23. The molecule has 1 heterocycles. The van der Waals surface area contributed by atoms with E-state index in [2.05, 4.69) is 12.2 Å². The molecule has 1 aromatic rings. The zero-order valence-electron chi connectivity index (χ0n) is 10.6. The lowest BCUT2D eigenvalue weighted by Gasteiger charge is -2.17. The molecule has 1 aliphatic carbocycles.